The van der Waals surface area contributed by atoms with E-state index in [1.54, 1.807) is 12.4 Å². The van der Waals surface area contributed by atoms with E-state index in [0.717, 1.165) is 17.1 Å². The molecule has 0 aliphatic carbocycles. The zero-order valence-electron chi connectivity index (χ0n) is 9.91. The predicted octanol–water partition coefficient (Wildman–Crippen LogP) is 1.53. The SMILES string of the molecule is Nc1ccccc1Cc1nccn1CCC(=O)O. The van der Waals surface area contributed by atoms with Crippen LogP contribution in [-0.2, 0) is 17.8 Å². The zero-order valence-corrected chi connectivity index (χ0v) is 9.91. The van der Waals surface area contributed by atoms with Gasteiger partial charge in [-0.1, -0.05) is 18.2 Å². The molecule has 1 aromatic carbocycles. The molecule has 0 aliphatic heterocycles. The first-order valence-electron chi connectivity index (χ1n) is 5.72. The fraction of sp³-hybridized carbons (Fsp3) is 0.231. The Kier molecular flexibility index (Phi) is 3.62. The van der Waals surface area contributed by atoms with Gasteiger partial charge in [0.05, 0.1) is 6.42 Å². The van der Waals surface area contributed by atoms with E-state index in [-0.39, 0.29) is 6.42 Å². The number of benzene rings is 1. The third kappa shape index (κ3) is 2.88. The van der Waals surface area contributed by atoms with Crippen LogP contribution in [0.25, 0.3) is 0 Å². The summed E-state index contributed by atoms with van der Waals surface area (Å²) in [6, 6.07) is 7.61. The first kappa shape index (κ1) is 12.2. The Balaban J connectivity index is 2.12. The number of hydrogen-bond donors (Lipinski definition) is 2. The number of aryl methyl sites for hydroxylation is 1. The van der Waals surface area contributed by atoms with Gasteiger partial charge in [0.25, 0.3) is 0 Å². The van der Waals surface area contributed by atoms with Gasteiger partial charge in [0.1, 0.15) is 5.82 Å². The molecule has 0 unspecified atom stereocenters. The number of hydrogen-bond acceptors (Lipinski definition) is 3. The second kappa shape index (κ2) is 5.35. The molecule has 0 spiro atoms. The molecule has 0 saturated heterocycles. The second-order valence-corrected chi connectivity index (χ2v) is 4.06. The van der Waals surface area contributed by atoms with Crippen LogP contribution in [0.5, 0.6) is 0 Å². The molecule has 2 aromatic rings. The number of carboxylic acids is 1. The van der Waals surface area contributed by atoms with Crippen LogP contribution >= 0.6 is 0 Å². The van der Waals surface area contributed by atoms with Crippen molar-refractivity contribution in [1.29, 1.82) is 0 Å². The number of nitrogens with zero attached hydrogens (tertiary/aromatic N) is 2. The second-order valence-electron chi connectivity index (χ2n) is 4.06. The molecule has 5 nitrogen and oxygen atoms in total. The molecule has 0 fully saturated rings. The molecule has 3 N–H and O–H groups in total. The van der Waals surface area contributed by atoms with Crippen molar-refractivity contribution in [3.63, 3.8) is 0 Å². The Morgan fingerprint density at radius 1 is 1.39 bits per heavy atom. The van der Waals surface area contributed by atoms with Crippen LogP contribution in [0.3, 0.4) is 0 Å². The van der Waals surface area contributed by atoms with Crippen molar-refractivity contribution < 1.29 is 9.90 Å². The average molecular weight is 245 g/mol. The van der Waals surface area contributed by atoms with Crippen LogP contribution in [0.1, 0.15) is 17.8 Å². The van der Waals surface area contributed by atoms with Gasteiger partial charge < -0.3 is 15.4 Å². The highest BCUT2D eigenvalue weighted by Crippen LogP contribution is 2.15. The Hall–Kier alpha value is -2.30. The Bertz CT molecular complexity index is 549. The van der Waals surface area contributed by atoms with E-state index in [4.69, 9.17) is 10.8 Å². The molecule has 0 aliphatic rings. The Morgan fingerprint density at radius 3 is 2.89 bits per heavy atom. The molecular weight excluding hydrogens is 230 g/mol. The number of anilines is 1. The molecule has 0 radical (unpaired) electrons. The number of para-hydroxylation sites is 1. The van der Waals surface area contributed by atoms with Crippen molar-refractivity contribution in [3.8, 4) is 0 Å². The summed E-state index contributed by atoms with van der Waals surface area (Å²) >= 11 is 0. The van der Waals surface area contributed by atoms with Gasteiger partial charge in [0, 0.05) is 31.0 Å². The lowest BCUT2D eigenvalue weighted by molar-refractivity contribution is -0.137. The van der Waals surface area contributed by atoms with Crippen molar-refractivity contribution in [1.82, 2.24) is 9.55 Å². The lowest BCUT2D eigenvalue weighted by Crippen LogP contribution is -2.08. The van der Waals surface area contributed by atoms with Crippen molar-refractivity contribution in [3.05, 3.63) is 48.0 Å². The first-order valence-corrected chi connectivity index (χ1v) is 5.72. The molecule has 0 amide bonds. The van der Waals surface area contributed by atoms with E-state index in [2.05, 4.69) is 4.98 Å². The highest BCUT2D eigenvalue weighted by atomic mass is 16.4. The highest BCUT2D eigenvalue weighted by molar-refractivity contribution is 5.66. The largest absolute Gasteiger partial charge is 0.481 e. The number of nitrogens with two attached hydrogens (primary N) is 1. The third-order valence-electron chi connectivity index (χ3n) is 2.77. The van der Waals surface area contributed by atoms with Gasteiger partial charge >= 0.3 is 5.97 Å². The monoisotopic (exact) mass is 245 g/mol. The maximum Gasteiger partial charge on any atom is 0.305 e. The number of carbonyl (C=O) groups is 1. The number of nitrogen functional groups attached to an aromatic ring is 1. The molecule has 0 saturated carbocycles. The minimum absolute atomic E-state index is 0.0909. The topological polar surface area (TPSA) is 81.1 Å². The Labute approximate surface area is 105 Å². The number of rotatable bonds is 5. The minimum Gasteiger partial charge on any atom is -0.481 e. The van der Waals surface area contributed by atoms with E-state index in [1.165, 1.54) is 0 Å². The summed E-state index contributed by atoms with van der Waals surface area (Å²) < 4.78 is 1.85. The van der Waals surface area contributed by atoms with Crippen molar-refractivity contribution in [2.75, 3.05) is 5.73 Å². The third-order valence-corrected chi connectivity index (χ3v) is 2.77. The van der Waals surface area contributed by atoms with Crippen LogP contribution in [0.4, 0.5) is 5.69 Å². The maximum absolute atomic E-state index is 10.6. The lowest BCUT2D eigenvalue weighted by atomic mass is 10.1. The minimum atomic E-state index is -0.811. The fourth-order valence-electron chi connectivity index (χ4n) is 1.79. The van der Waals surface area contributed by atoms with E-state index >= 15 is 0 Å². The quantitative estimate of drug-likeness (QED) is 0.783. The van der Waals surface area contributed by atoms with Crippen LogP contribution in [0, 0.1) is 0 Å². The van der Waals surface area contributed by atoms with Gasteiger partial charge in [-0.2, -0.15) is 0 Å². The standard InChI is InChI=1S/C13H15N3O2/c14-11-4-2-1-3-10(11)9-12-15-6-8-16(12)7-5-13(17)18/h1-4,6,8H,5,7,9,14H2,(H,17,18). The van der Waals surface area contributed by atoms with Crippen molar-refractivity contribution in [2.24, 2.45) is 0 Å². The van der Waals surface area contributed by atoms with Gasteiger partial charge in [-0.15, -0.1) is 0 Å². The summed E-state index contributed by atoms with van der Waals surface area (Å²) in [6.45, 7) is 0.428. The molecule has 0 bridgehead atoms. The molecule has 18 heavy (non-hydrogen) atoms. The predicted molar refractivity (Wildman–Crippen MR) is 68.1 cm³/mol. The number of aromatic nitrogens is 2. The maximum atomic E-state index is 10.6. The van der Waals surface area contributed by atoms with Gasteiger partial charge in [0.2, 0.25) is 0 Å². The van der Waals surface area contributed by atoms with Crippen LogP contribution in [0.2, 0.25) is 0 Å². The smallest absolute Gasteiger partial charge is 0.305 e. The van der Waals surface area contributed by atoms with Gasteiger partial charge in [-0.05, 0) is 11.6 Å². The molecule has 1 aromatic heterocycles. The van der Waals surface area contributed by atoms with Gasteiger partial charge in [0.15, 0.2) is 0 Å². The number of aliphatic carboxylic acids is 1. The van der Waals surface area contributed by atoms with Crippen molar-refractivity contribution >= 4 is 11.7 Å². The highest BCUT2D eigenvalue weighted by Gasteiger charge is 2.07. The molecule has 1 heterocycles. The summed E-state index contributed by atoms with van der Waals surface area (Å²) in [5, 5.41) is 8.68. The zero-order chi connectivity index (χ0) is 13.0. The van der Waals surface area contributed by atoms with Gasteiger partial charge in [-0.3, -0.25) is 4.79 Å². The van der Waals surface area contributed by atoms with Gasteiger partial charge in [-0.25, -0.2) is 4.98 Å². The normalized spacial score (nSPS) is 10.4. The molecule has 0 atom stereocenters. The van der Waals surface area contributed by atoms with Crippen LogP contribution in [-0.4, -0.2) is 20.6 Å². The summed E-state index contributed by atoms with van der Waals surface area (Å²) in [4.78, 5) is 14.8. The van der Waals surface area contributed by atoms with E-state index in [0.29, 0.717) is 13.0 Å². The average Bonchev–Trinajstić information content (AvgIpc) is 2.77. The summed E-state index contributed by atoms with van der Waals surface area (Å²) in [6.07, 6.45) is 4.17. The van der Waals surface area contributed by atoms with E-state index in [1.807, 2.05) is 28.8 Å². The molecule has 5 heteroatoms. The van der Waals surface area contributed by atoms with Crippen LogP contribution < -0.4 is 5.73 Å². The number of imidazole rings is 1. The number of carboxylic acid groups (broad SMARTS) is 1. The Morgan fingerprint density at radius 2 is 2.17 bits per heavy atom. The molecule has 2 rings (SSSR count). The summed E-state index contributed by atoms with van der Waals surface area (Å²) in [5.41, 5.74) is 7.61. The molecular formula is C13H15N3O2. The summed E-state index contributed by atoms with van der Waals surface area (Å²) in [5.74, 6) is 0.0167. The van der Waals surface area contributed by atoms with E-state index in [9.17, 15) is 4.79 Å². The van der Waals surface area contributed by atoms with E-state index < -0.39 is 5.97 Å². The first-order chi connectivity index (χ1) is 8.66. The lowest BCUT2D eigenvalue weighted by Gasteiger charge is -2.08. The molecule has 94 valence electrons. The summed E-state index contributed by atoms with van der Waals surface area (Å²) in [7, 11) is 0. The van der Waals surface area contributed by atoms with Crippen LogP contribution in [0.15, 0.2) is 36.7 Å². The van der Waals surface area contributed by atoms with Crippen molar-refractivity contribution in [2.45, 2.75) is 19.4 Å². The fourth-order valence-corrected chi connectivity index (χ4v) is 1.79.